The average Bonchev–Trinajstić information content (AvgIpc) is 2.41. The lowest BCUT2D eigenvalue weighted by atomic mass is 10.2. The molecule has 5 heteroatoms. The SMILES string of the molecule is C=C(Cl)CN1CCN(C[C@H]2CN(C(C)C)CCO2)CC1. The molecule has 0 aromatic carbocycles. The number of hydrogen-bond donors (Lipinski definition) is 0. The summed E-state index contributed by atoms with van der Waals surface area (Å²) in [6.45, 7) is 17.5. The van der Waals surface area contributed by atoms with Gasteiger partial charge in [0, 0.05) is 63.4 Å². The maximum atomic E-state index is 5.92. The van der Waals surface area contributed by atoms with Crippen molar-refractivity contribution < 1.29 is 4.74 Å². The van der Waals surface area contributed by atoms with E-state index in [1.807, 2.05) is 0 Å². The van der Waals surface area contributed by atoms with Crippen LogP contribution in [0.2, 0.25) is 0 Å². The van der Waals surface area contributed by atoms with Gasteiger partial charge < -0.3 is 4.74 Å². The molecule has 0 N–H and O–H groups in total. The molecule has 2 aliphatic rings. The summed E-state index contributed by atoms with van der Waals surface area (Å²) >= 11 is 5.87. The third kappa shape index (κ3) is 5.01. The third-order valence-corrected chi connectivity index (χ3v) is 4.34. The molecule has 4 nitrogen and oxygen atoms in total. The van der Waals surface area contributed by atoms with Crippen LogP contribution in [0.5, 0.6) is 0 Å². The van der Waals surface area contributed by atoms with Crippen molar-refractivity contribution in [1.29, 1.82) is 0 Å². The van der Waals surface area contributed by atoms with Gasteiger partial charge in [0.25, 0.3) is 0 Å². The Balaban J connectivity index is 1.71. The van der Waals surface area contributed by atoms with Crippen molar-refractivity contribution in [3.63, 3.8) is 0 Å². The van der Waals surface area contributed by atoms with E-state index in [2.05, 4.69) is 35.1 Å². The number of piperazine rings is 1. The molecule has 116 valence electrons. The first-order valence-corrected chi connectivity index (χ1v) is 8.06. The largest absolute Gasteiger partial charge is 0.374 e. The Kier molecular flexibility index (Phi) is 6.30. The van der Waals surface area contributed by atoms with Crippen LogP contribution in [0.15, 0.2) is 11.6 Å². The first kappa shape index (κ1) is 16.2. The van der Waals surface area contributed by atoms with Gasteiger partial charge in [-0.3, -0.25) is 14.7 Å². The molecule has 20 heavy (non-hydrogen) atoms. The first-order valence-electron chi connectivity index (χ1n) is 7.68. The van der Waals surface area contributed by atoms with Crippen LogP contribution < -0.4 is 0 Å². The van der Waals surface area contributed by atoms with E-state index >= 15 is 0 Å². The molecule has 0 unspecified atom stereocenters. The van der Waals surface area contributed by atoms with Gasteiger partial charge in [-0.25, -0.2) is 0 Å². The summed E-state index contributed by atoms with van der Waals surface area (Å²) in [5, 5.41) is 0.738. The molecule has 0 saturated carbocycles. The maximum absolute atomic E-state index is 5.92. The molecule has 0 aliphatic carbocycles. The smallest absolute Gasteiger partial charge is 0.0829 e. The summed E-state index contributed by atoms with van der Waals surface area (Å²) in [5.41, 5.74) is 0. The number of ether oxygens (including phenoxy) is 1. The fourth-order valence-corrected chi connectivity index (χ4v) is 3.15. The van der Waals surface area contributed by atoms with Gasteiger partial charge in [0.05, 0.1) is 12.7 Å². The molecule has 2 rings (SSSR count). The fourth-order valence-electron chi connectivity index (χ4n) is 2.98. The Morgan fingerprint density at radius 2 is 1.85 bits per heavy atom. The van der Waals surface area contributed by atoms with Crippen molar-refractivity contribution in [2.24, 2.45) is 0 Å². The Morgan fingerprint density at radius 3 is 2.45 bits per heavy atom. The van der Waals surface area contributed by atoms with Gasteiger partial charge in [0.15, 0.2) is 0 Å². The zero-order chi connectivity index (χ0) is 14.5. The second-order valence-electron chi connectivity index (χ2n) is 6.18. The maximum Gasteiger partial charge on any atom is 0.0829 e. The van der Waals surface area contributed by atoms with Crippen LogP contribution in [0.25, 0.3) is 0 Å². The minimum Gasteiger partial charge on any atom is -0.374 e. The topological polar surface area (TPSA) is 19.0 Å². The molecule has 0 radical (unpaired) electrons. The van der Waals surface area contributed by atoms with Gasteiger partial charge in [-0.15, -0.1) is 0 Å². The Bertz CT molecular complexity index is 316. The lowest BCUT2D eigenvalue weighted by molar-refractivity contribution is -0.0560. The van der Waals surface area contributed by atoms with Crippen LogP contribution in [0, 0.1) is 0 Å². The highest BCUT2D eigenvalue weighted by molar-refractivity contribution is 6.29. The molecule has 0 spiro atoms. The van der Waals surface area contributed by atoms with E-state index in [-0.39, 0.29) is 0 Å². The minimum absolute atomic E-state index is 0.362. The number of morpholine rings is 1. The van der Waals surface area contributed by atoms with Crippen LogP contribution in [0.4, 0.5) is 0 Å². The standard InChI is InChI=1S/C15H28ClN3O/c1-13(2)19-8-9-20-15(12-19)11-18-6-4-17(5-7-18)10-14(3)16/h13,15H,3-12H2,1-2H3/t15-/m0/s1. The Morgan fingerprint density at radius 1 is 1.20 bits per heavy atom. The summed E-state index contributed by atoms with van der Waals surface area (Å²) < 4.78 is 5.92. The predicted octanol–water partition coefficient (Wildman–Crippen LogP) is 1.47. The zero-order valence-corrected chi connectivity index (χ0v) is 13.6. The van der Waals surface area contributed by atoms with Crippen molar-refractivity contribution in [3.8, 4) is 0 Å². The summed E-state index contributed by atoms with van der Waals surface area (Å²) in [5.74, 6) is 0. The van der Waals surface area contributed by atoms with E-state index in [1.54, 1.807) is 0 Å². The molecule has 2 saturated heterocycles. The van der Waals surface area contributed by atoms with Crippen molar-refractivity contribution in [2.45, 2.75) is 26.0 Å². The van der Waals surface area contributed by atoms with Crippen molar-refractivity contribution >= 4 is 11.6 Å². The second-order valence-corrected chi connectivity index (χ2v) is 6.71. The number of hydrogen-bond acceptors (Lipinski definition) is 4. The normalized spacial score (nSPS) is 27.1. The minimum atomic E-state index is 0.362. The molecular formula is C15H28ClN3O. The third-order valence-electron chi connectivity index (χ3n) is 4.22. The van der Waals surface area contributed by atoms with Gasteiger partial charge in [-0.1, -0.05) is 18.2 Å². The van der Waals surface area contributed by atoms with E-state index in [4.69, 9.17) is 16.3 Å². The highest BCUT2D eigenvalue weighted by atomic mass is 35.5. The molecule has 1 atom stereocenters. The van der Waals surface area contributed by atoms with Crippen LogP contribution in [-0.4, -0.2) is 85.8 Å². The van der Waals surface area contributed by atoms with E-state index in [0.29, 0.717) is 12.1 Å². The van der Waals surface area contributed by atoms with Gasteiger partial charge in [0.1, 0.15) is 0 Å². The molecule has 0 amide bonds. The predicted molar refractivity (Wildman–Crippen MR) is 84.3 cm³/mol. The first-order chi connectivity index (χ1) is 9.54. The summed E-state index contributed by atoms with van der Waals surface area (Å²) in [6.07, 6.45) is 0.362. The number of nitrogens with zero attached hydrogens (tertiary/aromatic N) is 3. The van der Waals surface area contributed by atoms with Gasteiger partial charge in [0.2, 0.25) is 0 Å². The summed E-state index contributed by atoms with van der Waals surface area (Å²) in [7, 11) is 0. The average molecular weight is 302 g/mol. The summed E-state index contributed by atoms with van der Waals surface area (Å²) in [4.78, 5) is 7.40. The van der Waals surface area contributed by atoms with Gasteiger partial charge >= 0.3 is 0 Å². The van der Waals surface area contributed by atoms with E-state index < -0.39 is 0 Å². The monoisotopic (exact) mass is 301 g/mol. The quantitative estimate of drug-likeness (QED) is 0.765. The lowest BCUT2D eigenvalue weighted by Crippen LogP contribution is -2.53. The molecule has 2 aliphatic heterocycles. The van der Waals surface area contributed by atoms with E-state index in [1.165, 1.54) is 0 Å². The van der Waals surface area contributed by atoms with Crippen molar-refractivity contribution in [1.82, 2.24) is 14.7 Å². The second kappa shape index (κ2) is 7.76. The number of halogens is 1. The Labute approximate surface area is 128 Å². The van der Waals surface area contributed by atoms with Gasteiger partial charge in [-0.2, -0.15) is 0 Å². The van der Waals surface area contributed by atoms with E-state index in [0.717, 1.165) is 64.0 Å². The molecule has 2 heterocycles. The van der Waals surface area contributed by atoms with Gasteiger partial charge in [-0.05, 0) is 13.8 Å². The van der Waals surface area contributed by atoms with Crippen LogP contribution in [0.1, 0.15) is 13.8 Å². The lowest BCUT2D eigenvalue weighted by Gasteiger charge is -2.40. The molecular weight excluding hydrogens is 274 g/mol. The van der Waals surface area contributed by atoms with Crippen LogP contribution in [0.3, 0.4) is 0 Å². The number of rotatable bonds is 5. The Hall–Kier alpha value is -0.130. The molecule has 0 aromatic heterocycles. The highest BCUT2D eigenvalue weighted by Gasteiger charge is 2.25. The summed E-state index contributed by atoms with van der Waals surface area (Å²) in [6, 6.07) is 0.619. The van der Waals surface area contributed by atoms with Crippen LogP contribution >= 0.6 is 11.6 Å². The zero-order valence-electron chi connectivity index (χ0n) is 12.9. The highest BCUT2D eigenvalue weighted by Crippen LogP contribution is 2.12. The van der Waals surface area contributed by atoms with Crippen molar-refractivity contribution in [3.05, 3.63) is 11.6 Å². The fraction of sp³-hybridized carbons (Fsp3) is 0.867. The van der Waals surface area contributed by atoms with E-state index in [9.17, 15) is 0 Å². The molecule has 0 bridgehead atoms. The molecule has 2 fully saturated rings. The van der Waals surface area contributed by atoms with Crippen molar-refractivity contribution in [2.75, 3.05) is 59.0 Å². The molecule has 0 aromatic rings. The van der Waals surface area contributed by atoms with Crippen LogP contribution in [-0.2, 0) is 4.74 Å².